The van der Waals surface area contributed by atoms with Crippen LogP contribution < -0.4 is 4.74 Å². The van der Waals surface area contributed by atoms with Gasteiger partial charge in [-0.3, -0.25) is 9.48 Å². The van der Waals surface area contributed by atoms with Gasteiger partial charge >= 0.3 is 0 Å². The molecule has 3 aromatic rings. The fourth-order valence-corrected chi connectivity index (χ4v) is 3.50. The van der Waals surface area contributed by atoms with E-state index in [0.29, 0.717) is 19.7 Å². The number of hydrogen-bond donors (Lipinski definition) is 0. The maximum atomic E-state index is 13.2. The van der Waals surface area contributed by atoms with Gasteiger partial charge < -0.3 is 19.0 Å². The Bertz CT molecular complexity index is 992. The monoisotopic (exact) mass is 394 g/mol. The molecule has 7 nitrogen and oxygen atoms in total. The van der Waals surface area contributed by atoms with Crippen LogP contribution in [0.5, 0.6) is 5.75 Å². The SMILES string of the molecule is Cc1ccc2c(c1)-c1c(cnn1CC(=O)N(CCN(C)C)Cc1ccco1)CO2. The Kier molecular flexibility index (Phi) is 5.40. The lowest BCUT2D eigenvalue weighted by Gasteiger charge is -2.25. The molecule has 3 heterocycles. The van der Waals surface area contributed by atoms with E-state index in [1.54, 1.807) is 17.1 Å². The molecule has 1 aromatic carbocycles. The number of furan rings is 1. The molecule has 0 radical (unpaired) electrons. The molecule has 7 heteroatoms. The average molecular weight is 394 g/mol. The Morgan fingerprint density at radius 2 is 2.10 bits per heavy atom. The Hall–Kier alpha value is -3.06. The highest BCUT2D eigenvalue weighted by Gasteiger charge is 2.25. The van der Waals surface area contributed by atoms with E-state index in [1.807, 2.05) is 50.2 Å². The minimum atomic E-state index is 0.00912. The predicted molar refractivity (Wildman–Crippen MR) is 109 cm³/mol. The average Bonchev–Trinajstić information content (AvgIpc) is 3.34. The summed E-state index contributed by atoms with van der Waals surface area (Å²) in [6.07, 6.45) is 3.43. The second-order valence-electron chi connectivity index (χ2n) is 7.66. The number of nitrogens with zero attached hydrogens (tertiary/aromatic N) is 4. The van der Waals surface area contributed by atoms with Crippen LogP contribution in [0.25, 0.3) is 11.3 Å². The summed E-state index contributed by atoms with van der Waals surface area (Å²) in [6, 6.07) is 9.83. The fourth-order valence-electron chi connectivity index (χ4n) is 3.50. The summed E-state index contributed by atoms with van der Waals surface area (Å²) in [6.45, 7) is 4.54. The topological polar surface area (TPSA) is 63.7 Å². The summed E-state index contributed by atoms with van der Waals surface area (Å²) < 4.78 is 13.1. The Labute approximate surface area is 170 Å². The molecule has 29 heavy (non-hydrogen) atoms. The van der Waals surface area contributed by atoms with Crippen LogP contribution in [0.3, 0.4) is 0 Å². The number of hydrogen-bond acceptors (Lipinski definition) is 5. The molecule has 152 valence electrons. The molecule has 1 amide bonds. The number of ether oxygens (including phenoxy) is 1. The van der Waals surface area contributed by atoms with Crippen LogP contribution in [0.1, 0.15) is 16.9 Å². The van der Waals surface area contributed by atoms with Crippen molar-refractivity contribution in [2.24, 2.45) is 0 Å². The molecule has 0 bridgehead atoms. The number of benzene rings is 1. The number of rotatable bonds is 7. The van der Waals surface area contributed by atoms with Crippen molar-refractivity contribution in [2.75, 3.05) is 27.2 Å². The van der Waals surface area contributed by atoms with Gasteiger partial charge in [0.15, 0.2) is 0 Å². The number of aromatic nitrogens is 2. The van der Waals surface area contributed by atoms with Crippen molar-refractivity contribution in [1.82, 2.24) is 19.6 Å². The van der Waals surface area contributed by atoms with Crippen LogP contribution in [0, 0.1) is 6.92 Å². The number of fused-ring (bicyclic) bond motifs is 3. The first-order valence-corrected chi connectivity index (χ1v) is 9.74. The van der Waals surface area contributed by atoms with Crippen molar-refractivity contribution < 1.29 is 13.9 Å². The van der Waals surface area contributed by atoms with Crippen LogP contribution in [0.4, 0.5) is 0 Å². The first kappa shape index (κ1) is 19.3. The van der Waals surface area contributed by atoms with Crippen molar-refractivity contribution in [3.8, 4) is 17.0 Å². The maximum absolute atomic E-state index is 13.2. The third-order valence-electron chi connectivity index (χ3n) is 5.07. The summed E-state index contributed by atoms with van der Waals surface area (Å²) in [4.78, 5) is 17.1. The quantitative estimate of drug-likeness (QED) is 0.617. The molecule has 0 N–H and O–H groups in total. The van der Waals surface area contributed by atoms with Gasteiger partial charge in [0.1, 0.15) is 24.7 Å². The van der Waals surface area contributed by atoms with Gasteiger partial charge in [-0.2, -0.15) is 5.10 Å². The first-order chi connectivity index (χ1) is 14.0. The van der Waals surface area contributed by atoms with Crippen molar-refractivity contribution in [3.05, 3.63) is 59.7 Å². The molecule has 0 aliphatic carbocycles. The van der Waals surface area contributed by atoms with E-state index in [9.17, 15) is 4.79 Å². The summed E-state index contributed by atoms with van der Waals surface area (Å²) in [5.41, 5.74) is 4.10. The second kappa shape index (κ2) is 8.13. The molecule has 2 aromatic heterocycles. The second-order valence-corrected chi connectivity index (χ2v) is 7.66. The molecule has 0 fully saturated rings. The molecular weight excluding hydrogens is 368 g/mol. The van der Waals surface area contributed by atoms with Crippen molar-refractivity contribution >= 4 is 5.91 Å². The number of amides is 1. The first-order valence-electron chi connectivity index (χ1n) is 9.74. The lowest BCUT2D eigenvalue weighted by molar-refractivity contribution is -0.133. The smallest absolute Gasteiger partial charge is 0.244 e. The zero-order valence-corrected chi connectivity index (χ0v) is 17.1. The molecule has 0 saturated carbocycles. The summed E-state index contributed by atoms with van der Waals surface area (Å²) in [5.74, 6) is 1.61. The lowest BCUT2D eigenvalue weighted by Crippen LogP contribution is -2.38. The number of aryl methyl sites for hydroxylation is 1. The van der Waals surface area contributed by atoms with Gasteiger partial charge in [0.25, 0.3) is 0 Å². The Morgan fingerprint density at radius 1 is 1.24 bits per heavy atom. The van der Waals surface area contributed by atoms with Gasteiger partial charge in [0, 0.05) is 24.2 Å². The van der Waals surface area contributed by atoms with Crippen LogP contribution in [0.15, 0.2) is 47.2 Å². The van der Waals surface area contributed by atoms with Crippen molar-refractivity contribution in [3.63, 3.8) is 0 Å². The van der Waals surface area contributed by atoms with E-state index in [-0.39, 0.29) is 12.5 Å². The van der Waals surface area contributed by atoms with Crippen LogP contribution in [-0.2, 0) is 24.5 Å². The molecule has 4 rings (SSSR count). The van der Waals surface area contributed by atoms with Crippen LogP contribution >= 0.6 is 0 Å². The predicted octanol–water partition coefficient (Wildman–Crippen LogP) is 2.93. The number of carbonyl (C=O) groups excluding carboxylic acids is 1. The number of carbonyl (C=O) groups is 1. The van der Waals surface area contributed by atoms with Gasteiger partial charge in [-0.1, -0.05) is 11.6 Å². The highest BCUT2D eigenvalue weighted by atomic mass is 16.5. The minimum Gasteiger partial charge on any atom is -0.488 e. The molecule has 0 atom stereocenters. The van der Waals surface area contributed by atoms with E-state index < -0.39 is 0 Å². The summed E-state index contributed by atoms with van der Waals surface area (Å²) >= 11 is 0. The largest absolute Gasteiger partial charge is 0.488 e. The molecular formula is C22H26N4O3. The molecule has 0 spiro atoms. The zero-order chi connectivity index (χ0) is 20.4. The highest BCUT2D eigenvalue weighted by molar-refractivity contribution is 5.78. The number of likely N-dealkylation sites (N-methyl/N-ethyl adjacent to an activating group) is 1. The minimum absolute atomic E-state index is 0.00912. The van der Waals surface area contributed by atoms with Gasteiger partial charge in [-0.05, 0) is 45.3 Å². The van der Waals surface area contributed by atoms with Crippen LogP contribution in [-0.4, -0.2) is 52.7 Å². The van der Waals surface area contributed by atoms with Gasteiger partial charge in [-0.15, -0.1) is 0 Å². The standard InChI is InChI=1S/C22H26N4O3/c1-16-6-7-20-19(11-16)22-17(15-29-20)12-23-26(22)14-21(27)25(9-8-24(2)3)13-18-5-4-10-28-18/h4-7,10-12H,8-9,13-15H2,1-3H3. The zero-order valence-electron chi connectivity index (χ0n) is 17.1. The fraction of sp³-hybridized carbons (Fsp3) is 0.364. The van der Waals surface area contributed by atoms with Gasteiger partial charge in [0.05, 0.1) is 24.7 Å². The highest BCUT2D eigenvalue weighted by Crippen LogP contribution is 2.37. The molecule has 1 aliphatic heterocycles. The normalized spacial score (nSPS) is 12.4. The summed E-state index contributed by atoms with van der Waals surface area (Å²) in [7, 11) is 4.00. The molecule has 0 saturated heterocycles. The third-order valence-corrected chi connectivity index (χ3v) is 5.07. The Balaban J connectivity index is 1.58. The summed E-state index contributed by atoms with van der Waals surface area (Å²) in [5, 5.41) is 4.50. The van der Waals surface area contributed by atoms with Gasteiger partial charge in [0.2, 0.25) is 5.91 Å². The van der Waals surface area contributed by atoms with E-state index in [0.717, 1.165) is 40.4 Å². The van der Waals surface area contributed by atoms with Crippen LogP contribution in [0.2, 0.25) is 0 Å². The Morgan fingerprint density at radius 3 is 2.86 bits per heavy atom. The maximum Gasteiger partial charge on any atom is 0.244 e. The van der Waals surface area contributed by atoms with Gasteiger partial charge in [-0.25, -0.2) is 0 Å². The van der Waals surface area contributed by atoms with E-state index in [1.165, 1.54) is 0 Å². The van der Waals surface area contributed by atoms with Crippen molar-refractivity contribution in [2.45, 2.75) is 26.6 Å². The van der Waals surface area contributed by atoms with E-state index in [4.69, 9.17) is 9.15 Å². The molecule has 0 unspecified atom stereocenters. The molecule has 1 aliphatic rings. The van der Waals surface area contributed by atoms with E-state index in [2.05, 4.69) is 16.1 Å². The van der Waals surface area contributed by atoms with Crippen molar-refractivity contribution in [1.29, 1.82) is 0 Å². The van der Waals surface area contributed by atoms with E-state index >= 15 is 0 Å². The third kappa shape index (κ3) is 4.19. The lowest BCUT2D eigenvalue weighted by atomic mass is 10.0.